The van der Waals surface area contributed by atoms with Crippen molar-refractivity contribution in [2.75, 3.05) is 5.32 Å². The highest BCUT2D eigenvalue weighted by atomic mass is 127. The average molecular weight is 369 g/mol. The number of anilines is 1. The van der Waals surface area contributed by atoms with Crippen LogP contribution in [0.4, 0.5) is 10.7 Å². The molecule has 6 heteroatoms. The largest absolute Gasteiger partial charge is 0.444 e. The van der Waals surface area contributed by atoms with E-state index < -0.39 is 6.09 Å². The lowest BCUT2D eigenvalue weighted by Gasteiger charge is -2.06. The fraction of sp³-hybridized carbons (Fsp3) is 0.154. The number of aromatic nitrogens is 2. The fourth-order valence-corrected chi connectivity index (χ4v) is 1.62. The van der Waals surface area contributed by atoms with Crippen molar-refractivity contribution in [3.8, 4) is 0 Å². The third-order valence-electron chi connectivity index (χ3n) is 2.35. The number of amides is 1. The van der Waals surface area contributed by atoms with Crippen LogP contribution in [0.1, 0.15) is 11.3 Å². The maximum atomic E-state index is 11.6. The van der Waals surface area contributed by atoms with Gasteiger partial charge in [0.15, 0.2) is 0 Å². The number of rotatable bonds is 3. The fourth-order valence-electron chi connectivity index (χ4n) is 1.36. The first kappa shape index (κ1) is 13.7. The summed E-state index contributed by atoms with van der Waals surface area (Å²) in [5, 5.41) is 2.49. The molecular formula is C13H12IN3O2. The van der Waals surface area contributed by atoms with Gasteiger partial charge in [0.1, 0.15) is 6.61 Å². The number of hydrogen-bond acceptors (Lipinski definition) is 4. The summed E-state index contributed by atoms with van der Waals surface area (Å²) in [6, 6.07) is 9.47. The lowest BCUT2D eigenvalue weighted by molar-refractivity contribution is 0.155. The van der Waals surface area contributed by atoms with Crippen molar-refractivity contribution in [3.05, 3.63) is 51.4 Å². The van der Waals surface area contributed by atoms with E-state index in [0.29, 0.717) is 0 Å². The zero-order valence-electron chi connectivity index (χ0n) is 10.3. The molecule has 1 N–H and O–H groups in total. The number of halogens is 1. The van der Waals surface area contributed by atoms with Crippen LogP contribution in [0.2, 0.25) is 0 Å². The predicted molar refractivity (Wildman–Crippen MR) is 79.7 cm³/mol. The number of nitrogens with one attached hydrogen (secondary N) is 1. The number of ether oxygens (including phenoxy) is 1. The number of hydrogen-bond donors (Lipinski definition) is 1. The van der Waals surface area contributed by atoms with Crippen LogP contribution in [0.5, 0.6) is 0 Å². The zero-order chi connectivity index (χ0) is 13.7. The van der Waals surface area contributed by atoms with E-state index in [2.05, 4.69) is 37.9 Å². The molecule has 0 saturated heterocycles. The van der Waals surface area contributed by atoms with Crippen molar-refractivity contribution < 1.29 is 9.53 Å². The van der Waals surface area contributed by atoms with E-state index in [4.69, 9.17) is 4.74 Å². The number of nitrogens with zero attached hydrogens (tertiary/aromatic N) is 2. The van der Waals surface area contributed by atoms with Gasteiger partial charge in [-0.05, 0) is 35.1 Å². The van der Waals surface area contributed by atoms with Crippen LogP contribution in [0.25, 0.3) is 0 Å². The minimum atomic E-state index is -0.565. The number of carbonyl (C=O) groups is 1. The number of carbonyl (C=O) groups excluding carboxylic acids is 1. The molecule has 0 radical (unpaired) electrons. The third-order valence-corrected chi connectivity index (χ3v) is 3.41. The highest BCUT2D eigenvalue weighted by Gasteiger charge is 2.07. The Kier molecular flexibility index (Phi) is 4.67. The molecular weight excluding hydrogens is 357 g/mol. The standard InChI is InChI=1S/C13H12IN3O2/c1-9-11(14)7-15-12(16-9)17-13(18)19-8-10-5-3-2-4-6-10/h2-7H,8H2,1H3,(H,15,16,17,18). The summed E-state index contributed by atoms with van der Waals surface area (Å²) in [7, 11) is 0. The van der Waals surface area contributed by atoms with Gasteiger partial charge in [0.2, 0.25) is 5.95 Å². The van der Waals surface area contributed by atoms with E-state index in [9.17, 15) is 4.79 Å². The molecule has 0 fully saturated rings. The Morgan fingerprint density at radius 1 is 1.37 bits per heavy atom. The normalized spacial score (nSPS) is 10.0. The number of benzene rings is 1. The Morgan fingerprint density at radius 2 is 2.11 bits per heavy atom. The van der Waals surface area contributed by atoms with Crippen LogP contribution in [0.15, 0.2) is 36.5 Å². The van der Waals surface area contributed by atoms with Gasteiger partial charge < -0.3 is 4.74 Å². The first-order chi connectivity index (χ1) is 9.15. The van der Waals surface area contributed by atoms with E-state index >= 15 is 0 Å². The molecule has 0 bridgehead atoms. The summed E-state index contributed by atoms with van der Waals surface area (Å²) in [5.41, 5.74) is 1.74. The van der Waals surface area contributed by atoms with Crippen molar-refractivity contribution in [1.29, 1.82) is 0 Å². The van der Waals surface area contributed by atoms with Crippen molar-refractivity contribution in [2.24, 2.45) is 0 Å². The van der Waals surface area contributed by atoms with E-state index in [1.165, 1.54) is 0 Å². The van der Waals surface area contributed by atoms with Gasteiger partial charge >= 0.3 is 6.09 Å². The summed E-state index contributed by atoms with van der Waals surface area (Å²) in [4.78, 5) is 19.7. The van der Waals surface area contributed by atoms with Gasteiger partial charge in [-0.3, -0.25) is 5.32 Å². The summed E-state index contributed by atoms with van der Waals surface area (Å²) in [6.07, 6.45) is 1.08. The second kappa shape index (κ2) is 6.46. The van der Waals surface area contributed by atoms with Gasteiger partial charge in [-0.1, -0.05) is 30.3 Å². The van der Waals surface area contributed by atoms with Crippen LogP contribution >= 0.6 is 22.6 Å². The molecule has 0 aliphatic heterocycles. The van der Waals surface area contributed by atoms with E-state index in [1.54, 1.807) is 6.20 Å². The molecule has 1 aromatic carbocycles. The van der Waals surface area contributed by atoms with Gasteiger partial charge in [0, 0.05) is 6.20 Å². The second-order valence-corrected chi connectivity index (χ2v) is 4.98. The van der Waals surface area contributed by atoms with Crippen molar-refractivity contribution in [3.63, 3.8) is 0 Å². The maximum Gasteiger partial charge on any atom is 0.414 e. The molecule has 98 valence electrons. The van der Waals surface area contributed by atoms with Crippen LogP contribution in [-0.2, 0) is 11.3 Å². The first-order valence-electron chi connectivity index (χ1n) is 5.62. The van der Waals surface area contributed by atoms with E-state index in [0.717, 1.165) is 14.8 Å². The van der Waals surface area contributed by atoms with Gasteiger partial charge in [-0.15, -0.1) is 0 Å². The minimum Gasteiger partial charge on any atom is -0.444 e. The molecule has 0 aliphatic rings. The molecule has 0 unspecified atom stereocenters. The molecule has 5 nitrogen and oxygen atoms in total. The maximum absolute atomic E-state index is 11.6. The van der Waals surface area contributed by atoms with Crippen LogP contribution in [-0.4, -0.2) is 16.1 Å². The smallest absolute Gasteiger partial charge is 0.414 e. The van der Waals surface area contributed by atoms with Crippen LogP contribution in [0, 0.1) is 10.5 Å². The lowest BCUT2D eigenvalue weighted by Crippen LogP contribution is -2.16. The topological polar surface area (TPSA) is 64.1 Å². The molecule has 2 rings (SSSR count). The Hall–Kier alpha value is -1.70. The summed E-state index contributed by atoms with van der Waals surface area (Å²) in [5.74, 6) is 0.246. The van der Waals surface area contributed by atoms with Crippen molar-refractivity contribution in [1.82, 2.24) is 9.97 Å². The minimum absolute atomic E-state index is 0.218. The monoisotopic (exact) mass is 369 g/mol. The molecule has 0 saturated carbocycles. The summed E-state index contributed by atoms with van der Waals surface area (Å²) in [6.45, 7) is 2.07. The Balaban J connectivity index is 1.89. The molecule has 1 aromatic heterocycles. The zero-order valence-corrected chi connectivity index (χ0v) is 12.4. The Morgan fingerprint density at radius 3 is 2.79 bits per heavy atom. The number of aryl methyl sites for hydroxylation is 1. The summed E-state index contributed by atoms with van der Waals surface area (Å²) < 4.78 is 6.02. The predicted octanol–water partition coefficient (Wildman–Crippen LogP) is 3.14. The van der Waals surface area contributed by atoms with E-state index in [1.807, 2.05) is 37.3 Å². The van der Waals surface area contributed by atoms with E-state index in [-0.39, 0.29) is 12.6 Å². The molecule has 19 heavy (non-hydrogen) atoms. The highest BCUT2D eigenvalue weighted by molar-refractivity contribution is 14.1. The first-order valence-corrected chi connectivity index (χ1v) is 6.70. The summed E-state index contributed by atoms with van der Waals surface area (Å²) >= 11 is 2.13. The van der Waals surface area contributed by atoms with Gasteiger partial charge in [0.25, 0.3) is 0 Å². The second-order valence-electron chi connectivity index (χ2n) is 3.81. The third kappa shape index (κ3) is 4.16. The highest BCUT2D eigenvalue weighted by Crippen LogP contribution is 2.09. The Bertz CT molecular complexity index is 575. The van der Waals surface area contributed by atoms with Crippen molar-refractivity contribution >= 4 is 34.6 Å². The molecule has 0 spiro atoms. The van der Waals surface area contributed by atoms with Gasteiger partial charge in [-0.25, -0.2) is 14.8 Å². The molecule has 1 amide bonds. The molecule has 1 heterocycles. The van der Waals surface area contributed by atoms with Crippen LogP contribution < -0.4 is 5.32 Å². The van der Waals surface area contributed by atoms with Crippen molar-refractivity contribution in [2.45, 2.75) is 13.5 Å². The molecule has 2 aromatic rings. The quantitative estimate of drug-likeness (QED) is 0.845. The molecule has 0 atom stereocenters. The SMILES string of the molecule is Cc1nc(NC(=O)OCc2ccccc2)ncc1I. The molecule has 0 aliphatic carbocycles. The van der Waals surface area contributed by atoms with Crippen LogP contribution in [0.3, 0.4) is 0 Å². The average Bonchev–Trinajstić information content (AvgIpc) is 2.42. The van der Waals surface area contributed by atoms with Gasteiger partial charge in [0.05, 0.1) is 9.26 Å². The lowest BCUT2D eigenvalue weighted by atomic mass is 10.2. The Labute approximate surface area is 124 Å². The van der Waals surface area contributed by atoms with Gasteiger partial charge in [-0.2, -0.15) is 0 Å².